The molecule has 2 N–H and O–H groups in total. The van der Waals surface area contributed by atoms with E-state index in [0.717, 1.165) is 93.0 Å². The van der Waals surface area contributed by atoms with E-state index in [1.165, 1.54) is 0 Å². The first-order valence-electron chi connectivity index (χ1n) is 16.8. The number of anilines is 3. The number of carbonyl (C=O) groups is 1. The van der Waals surface area contributed by atoms with Gasteiger partial charge in [-0.15, -0.1) is 5.10 Å². The number of aliphatic hydroxyl groups is 1. The first-order chi connectivity index (χ1) is 22.8. The lowest BCUT2D eigenvalue weighted by atomic mass is 9.73. The van der Waals surface area contributed by atoms with E-state index in [0.29, 0.717) is 17.0 Å². The highest BCUT2D eigenvalue weighted by molar-refractivity contribution is 6.30. The number of pyridine rings is 1. The first-order valence-corrected chi connectivity index (χ1v) is 17.2. The molecule has 2 aromatic heterocycles. The van der Waals surface area contributed by atoms with Crippen LogP contribution < -0.4 is 10.2 Å². The summed E-state index contributed by atoms with van der Waals surface area (Å²) in [5.74, 6) is 0.524. The molecule has 7 rings (SSSR count). The molecule has 3 fully saturated rings. The average molecular weight is 658 g/mol. The van der Waals surface area contributed by atoms with Gasteiger partial charge in [-0.25, -0.2) is 4.52 Å². The maximum atomic E-state index is 12.0. The molecule has 3 saturated heterocycles. The molecule has 0 saturated carbocycles. The summed E-state index contributed by atoms with van der Waals surface area (Å²) in [6.07, 6.45) is 6.91. The van der Waals surface area contributed by atoms with E-state index < -0.39 is 0 Å². The number of hydrogen-bond acceptors (Lipinski definition) is 8. The van der Waals surface area contributed by atoms with E-state index in [1.54, 1.807) is 0 Å². The number of nitrogens with one attached hydrogen (secondary N) is 1. The van der Waals surface area contributed by atoms with Crippen LogP contribution in [0.1, 0.15) is 56.7 Å². The van der Waals surface area contributed by atoms with Crippen molar-refractivity contribution in [3.8, 4) is 0 Å². The zero-order valence-corrected chi connectivity index (χ0v) is 27.9. The Hall–Kier alpha value is -3.70. The summed E-state index contributed by atoms with van der Waals surface area (Å²) in [7, 11) is 0. The molecule has 3 aliphatic rings. The number of halogens is 1. The van der Waals surface area contributed by atoms with E-state index >= 15 is 0 Å². The predicted molar refractivity (Wildman–Crippen MR) is 184 cm³/mol. The second-order valence-corrected chi connectivity index (χ2v) is 14.0. The van der Waals surface area contributed by atoms with Crippen LogP contribution in [0.4, 0.5) is 17.3 Å². The van der Waals surface area contributed by atoms with E-state index in [4.69, 9.17) is 26.4 Å². The summed E-state index contributed by atoms with van der Waals surface area (Å²) in [5, 5.41) is 19.2. The molecule has 10 nitrogen and oxygen atoms in total. The average Bonchev–Trinajstić information content (AvgIpc) is 3.51. The fourth-order valence-electron chi connectivity index (χ4n) is 7.89. The lowest BCUT2D eigenvalue weighted by Crippen LogP contribution is -2.53. The number of likely N-dealkylation sites (tertiary alicyclic amines) is 1. The monoisotopic (exact) mass is 657 g/mol. The van der Waals surface area contributed by atoms with Crippen LogP contribution in [0.5, 0.6) is 0 Å². The third kappa shape index (κ3) is 6.56. The Bertz CT molecular complexity index is 1660. The van der Waals surface area contributed by atoms with E-state index in [9.17, 15) is 9.90 Å². The molecule has 47 heavy (non-hydrogen) atoms. The molecular weight excluding hydrogens is 614 g/mol. The van der Waals surface area contributed by atoms with Crippen molar-refractivity contribution in [1.82, 2.24) is 24.4 Å². The van der Waals surface area contributed by atoms with Crippen molar-refractivity contribution in [1.29, 1.82) is 0 Å². The number of ether oxygens (including phenoxy) is 1. The predicted octanol–water partition coefficient (Wildman–Crippen LogP) is 5.43. The number of aromatic nitrogens is 3. The zero-order valence-electron chi connectivity index (χ0n) is 27.1. The fraction of sp³-hybridized carbons (Fsp3) is 0.472. The van der Waals surface area contributed by atoms with E-state index in [2.05, 4.69) is 47.2 Å². The highest BCUT2D eigenvalue weighted by atomic mass is 35.5. The minimum Gasteiger partial charge on any atom is -0.395 e. The number of rotatable bonds is 8. The Balaban J connectivity index is 1.03. The maximum absolute atomic E-state index is 12.0. The number of hydrogen-bond donors (Lipinski definition) is 2. The summed E-state index contributed by atoms with van der Waals surface area (Å²) >= 11 is 6.13. The van der Waals surface area contributed by atoms with Crippen LogP contribution in [0.25, 0.3) is 5.65 Å². The number of benzene rings is 2. The molecule has 248 valence electrons. The Kier molecular flexibility index (Phi) is 9.11. The van der Waals surface area contributed by atoms with Gasteiger partial charge in [0.25, 0.3) is 0 Å². The number of carbonyl (C=O) groups excluding carboxylic acids is 1. The highest BCUT2D eigenvalue weighted by Crippen LogP contribution is 2.38. The fourth-order valence-corrected chi connectivity index (χ4v) is 8.02. The van der Waals surface area contributed by atoms with Crippen LogP contribution in [0.15, 0.2) is 66.9 Å². The van der Waals surface area contributed by atoms with Crippen molar-refractivity contribution in [2.45, 2.75) is 69.2 Å². The Morgan fingerprint density at radius 2 is 1.74 bits per heavy atom. The third-order valence-electron chi connectivity index (χ3n) is 10.4. The number of amides is 1. The Morgan fingerprint density at radius 1 is 1.02 bits per heavy atom. The standard InChI is InChI=1S/C36H44ClN7O3/c1-25-21-43(22-26(2)47-25)31-13-17-42(24-46)33(20-31)27-5-11-30(12-6-27)38-35-39-34-32(4-3-16-44(34)40-35)41-18-14-36(23-45,15-19-41)28-7-9-29(37)10-8-28/h3-12,16,24-26,31,33,45H,13-15,17-23H2,1-2H3,(H,38,40)/t25-,26-,31?,33?/m0/s1. The van der Waals surface area contributed by atoms with Gasteiger partial charge in [0.15, 0.2) is 5.65 Å². The molecular formula is C36H44ClN7O3. The molecule has 1 amide bonds. The Labute approximate surface area is 281 Å². The van der Waals surface area contributed by atoms with Crippen LogP contribution in [0.3, 0.4) is 0 Å². The van der Waals surface area contributed by atoms with Gasteiger partial charge in [-0.2, -0.15) is 4.98 Å². The van der Waals surface area contributed by atoms with Gasteiger partial charge in [0, 0.05) is 61.1 Å². The third-order valence-corrected chi connectivity index (χ3v) is 10.7. The first kappa shape index (κ1) is 31.9. The molecule has 0 aliphatic carbocycles. The number of fused-ring (bicyclic) bond motifs is 1. The van der Waals surface area contributed by atoms with Crippen molar-refractivity contribution in [3.63, 3.8) is 0 Å². The molecule has 4 aromatic rings. The normalized spacial score (nSPS) is 25.2. The van der Waals surface area contributed by atoms with Gasteiger partial charge < -0.3 is 25.0 Å². The molecule has 5 heterocycles. The molecule has 2 aromatic carbocycles. The second-order valence-electron chi connectivity index (χ2n) is 13.5. The lowest BCUT2D eigenvalue weighted by Gasteiger charge is -2.46. The largest absolute Gasteiger partial charge is 0.395 e. The summed E-state index contributed by atoms with van der Waals surface area (Å²) < 4.78 is 7.78. The zero-order chi connectivity index (χ0) is 32.5. The molecule has 0 spiro atoms. The molecule has 0 radical (unpaired) electrons. The van der Waals surface area contributed by atoms with Gasteiger partial charge in [-0.1, -0.05) is 35.9 Å². The van der Waals surface area contributed by atoms with Gasteiger partial charge in [0.1, 0.15) is 0 Å². The quantitative estimate of drug-likeness (QED) is 0.242. The lowest BCUT2D eigenvalue weighted by molar-refractivity contribution is -0.125. The van der Waals surface area contributed by atoms with Gasteiger partial charge in [0.05, 0.1) is 30.5 Å². The number of nitrogens with zero attached hydrogens (tertiary/aromatic N) is 6. The maximum Gasteiger partial charge on any atom is 0.247 e. The van der Waals surface area contributed by atoms with E-state index in [-0.39, 0.29) is 30.3 Å². The molecule has 0 bridgehead atoms. The van der Waals surface area contributed by atoms with Crippen LogP contribution >= 0.6 is 11.6 Å². The van der Waals surface area contributed by atoms with Crippen LogP contribution in [0.2, 0.25) is 5.02 Å². The molecule has 11 heteroatoms. The smallest absolute Gasteiger partial charge is 0.247 e. The van der Waals surface area contributed by atoms with Crippen LogP contribution in [-0.4, -0.2) is 93.5 Å². The molecule has 3 aliphatic heterocycles. The Morgan fingerprint density at radius 3 is 2.43 bits per heavy atom. The highest BCUT2D eigenvalue weighted by Gasteiger charge is 2.37. The van der Waals surface area contributed by atoms with E-state index in [1.807, 2.05) is 58.1 Å². The summed E-state index contributed by atoms with van der Waals surface area (Å²) in [4.78, 5) is 23.7. The molecule has 4 atom stereocenters. The summed E-state index contributed by atoms with van der Waals surface area (Å²) in [6.45, 7) is 8.60. The van der Waals surface area contributed by atoms with Crippen molar-refractivity contribution >= 4 is 41.0 Å². The van der Waals surface area contributed by atoms with Crippen molar-refractivity contribution < 1.29 is 14.6 Å². The van der Waals surface area contributed by atoms with Crippen molar-refractivity contribution in [3.05, 3.63) is 83.0 Å². The second kappa shape index (κ2) is 13.4. The van der Waals surface area contributed by atoms with Crippen LogP contribution in [-0.2, 0) is 14.9 Å². The SMILES string of the molecule is C[C@H]1CN(C2CCN(C=O)C(c3ccc(Nc4nc5c(N6CCC(CO)(c7ccc(Cl)cc7)CC6)cccn5n4)cc3)C2)C[C@H](C)O1. The minimum atomic E-state index is -0.278. The van der Waals surface area contributed by atoms with Crippen molar-refractivity contribution in [2.24, 2.45) is 0 Å². The summed E-state index contributed by atoms with van der Waals surface area (Å²) in [5.41, 5.74) is 4.69. The molecule has 2 unspecified atom stereocenters. The number of morpholine rings is 1. The van der Waals surface area contributed by atoms with Gasteiger partial charge in [-0.05, 0) is 87.1 Å². The topological polar surface area (TPSA) is 98.5 Å². The van der Waals surface area contributed by atoms with Gasteiger partial charge in [-0.3, -0.25) is 9.69 Å². The van der Waals surface area contributed by atoms with Gasteiger partial charge in [0.2, 0.25) is 12.4 Å². The van der Waals surface area contributed by atoms with Crippen LogP contribution in [0, 0.1) is 0 Å². The number of piperidine rings is 2. The minimum absolute atomic E-state index is 0.0402. The summed E-state index contributed by atoms with van der Waals surface area (Å²) in [6, 6.07) is 20.7. The van der Waals surface area contributed by atoms with Gasteiger partial charge >= 0.3 is 0 Å². The van der Waals surface area contributed by atoms with Crippen molar-refractivity contribution in [2.75, 3.05) is 49.5 Å². The number of aliphatic hydroxyl groups excluding tert-OH is 1.